The second-order valence-electron chi connectivity index (χ2n) is 9.45. The molecular weight excluding hydrogens is 446 g/mol. The normalized spacial score (nSPS) is 11.4. The Morgan fingerprint density at radius 1 is 1.00 bits per heavy atom. The number of methoxy groups -OCH3 is 2. The number of amides is 1. The van der Waals surface area contributed by atoms with Gasteiger partial charge >= 0.3 is 0 Å². The highest BCUT2D eigenvalue weighted by molar-refractivity contribution is 7.98. The van der Waals surface area contributed by atoms with E-state index in [0.29, 0.717) is 36.0 Å². The van der Waals surface area contributed by atoms with E-state index in [2.05, 4.69) is 45.9 Å². The van der Waals surface area contributed by atoms with E-state index in [1.165, 1.54) is 16.0 Å². The third-order valence-corrected chi connectivity index (χ3v) is 7.01. The number of hydrogen-bond donors (Lipinski definition) is 0. The molecule has 0 aliphatic rings. The van der Waals surface area contributed by atoms with Crippen molar-refractivity contribution < 1.29 is 18.7 Å². The van der Waals surface area contributed by atoms with E-state index in [0.717, 1.165) is 11.3 Å². The van der Waals surface area contributed by atoms with Gasteiger partial charge in [0.15, 0.2) is 17.3 Å². The molecule has 0 aliphatic heterocycles. The highest BCUT2D eigenvalue weighted by Gasteiger charge is 2.18. The third kappa shape index (κ3) is 6.38. The highest BCUT2D eigenvalue weighted by atomic mass is 32.2. The maximum Gasteiger partial charge on any atom is 0.289 e. The summed E-state index contributed by atoms with van der Waals surface area (Å²) < 4.78 is 16.5. The number of benzene rings is 2. The monoisotopic (exact) mass is 481 g/mol. The standard InChI is InChI=1S/C28H35NO4S/c1-19-8-10-21(28(2,3)4)17-26(19)34-18-22-11-13-24(33-22)27(30)29(5)15-14-20-9-12-23(31-6)25(16-20)32-7/h8-13,16-17H,14-15,18H2,1-7H3. The Balaban J connectivity index is 1.59. The van der Waals surface area contributed by atoms with Gasteiger partial charge in [0.25, 0.3) is 5.91 Å². The van der Waals surface area contributed by atoms with Gasteiger partial charge in [0.1, 0.15) is 5.76 Å². The minimum Gasteiger partial charge on any atom is -0.493 e. The summed E-state index contributed by atoms with van der Waals surface area (Å²) in [5.74, 6) is 3.09. The summed E-state index contributed by atoms with van der Waals surface area (Å²) in [6, 6.07) is 16.1. The van der Waals surface area contributed by atoms with E-state index >= 15 is 0 Å². The number of aryl methyl sites for hydroxylation is 1. The largest absolute Gasteiger partial charge is 0.493 e. The number of furan rings is 1. The molecule has 34 heavy (non-hydrogen) atoms. The summed E-state index contributed by atoms with van der Waals surface area (Å²) in [5.41, 5.74) is 3.74. The molecule has 182 valence electrons. The fourth-order valence-corrected chi connectivity index (χ4v) is 4.52. The van der Waals surface area contributed by atoms with Gasteiger partial charge in [0, 0.05) is 18.5 Å². The van der Waals surface area contributed by atoms with Crippen LogP contribution in [0.3, 0.4) is 0 Å². The molecule has 0 unspecified atom stereocenters. The van der Waals surface area contributed by atoms with Crippen LogP contribution in [0.5, 0.6) is 11.5 Å². The fourth-order valence-electron chi connectivity index (χ4n) is 3.56. The number of carbonyl (C=O) groups excluding carboxylic acids is 1. The van der Waals surface area contributed by atoms with Gasteiger partial charge < -0.3 is 18.8 Å². The molecule has 1 heterocycles. The predicted molar refractivity (Wildman–Crippen MR) is 138 cm³/mol. The van der Waals surface area contributed by atoms with Gasteiger partial charge in [0.05, 0.1) is 20.0 Å². The van der Waals surface area contributed by atoms with Crippen LogP contribution in [0, 0.1) is 6.92 Å². The maximum absolute atomic E-state index is 12.9. The molecule has 6 heteroatoms. The van der Waals surface area contributed by atoms with Crippen LogP contribution in [0.4, 0.5) is 0 Å². The second-order valence-corrected chi connectivity index (χ2v) is 10.5. The Labute approximate surface area is 207 Å². The molecule has 0 saturated heterocycles. The first-order valence-corrected chi connectivity index (χ1v) is 12.4. The Morgan fingerprint density at radius 2 is 1.74 bits per heavy atom. The molecule has 3 rings (SSSR count). The molecule has 0 saturated carbocycles. The number of likely N-dealkylation sites (N-methyl/N-ethyl adjacent to an activating group) is 1. The zero-order valence-electron chi connectivity index (χ0n) is 21.2. The van der Waals surface area contributed by atoms with Crippen molar-refractivity contribution in [2.75, 3.05) is 27.8 Å². The van der Waals surface area contributed by atoms with E-state index < -0.39 is 0 Å². The Bertz CT molecular complexity index is 1130. The first-order chi connectivity index (χ1) is 16.1. The molecule has 0 spiro atoms. The molecule has 5 nitrogen and oxygen atoms in total. The van der Waals surface area contributed by atoms with Crippen molar-refractivity contribution in [2.45, 2.75) is 50.2 Å². The minimum atomic E-state index is -0.123. The molecule has 0 bridgehead atoms. The minimum absolute atomic E-state index is 0.106. The number of hydrogen-bond acceptors (Lipinski definition) is 5. The van der Waals surface area contributed by atoms with Crippen LogP contribution < -0.4 is 9.47 Å². The predicted octanol–water partition coefficient (Wildman–Crippen LogP) is 6.51. The molecule has 0 fully saturated rings. The average Bonchev–Trinajstić information content (AvgIpc) is 3.29. The van der Waals surface area contributed by atoms with Gasteiger partial charge in [-0.25, -0.2) is 0 Å². The number of thioether (sulfide) groups is 1. The lowest BCUT2D eigenvalue weighted by molar-refractivity contribution is 0.0763. The molecular formula is C28H35NO4S. The molecule has 0 aliphatic carbocycles. The maximum atomic E-state index is 12.9. The summed E-state index contributed by atoms with van der Waals surface area (Å²) in [5, 5.41) is 0. The Hall–Kier alpha value is -2.86. The Morgan fingerprint density at radius 3 is 2.41 bits per heavy atom. The van der Waals surface area contributed by atoms with Gasteiger partial charge in [-0.15, -0.1) is 11.8 Å². The van der Waals surface area contributed by atoms with Crippen LogP contribution in [0.1, 0.15) is 53.8 Å². The van der Waals surface area contributed by atoms with E-state index in [1.807, 2.05) is 24.3 Å². The van der Waals surface area contributed by atoms with Crippen molar-refractivity contribution in [3.8, 4) is 11.5 Å². The number of rotatable bonds is 9. The van der Waals surface area contributed by atoms with E-state index in [4.69, 9.17) is 13.9 Å². The van der Waals surface area contributed by atoms with Crippen molar-refractivity contribution in [3.63, 3.8) is 0 Å². The number of nitrogens with zero attached hydrogens (tertiary/aromatic N) is 1. The smallest absolute Gasteiger partial charge is 0.289 e. The van der Waals surface area contributed by atoms with Gasteiger partial charge in [-0.3, -0.25) is 4.79 Å². The van der Waals surface area contributed by atoms with Gasteiger partial charge in [-0.1, -0.05) is 39.0 Å². The first kappa shape index (κ1) is 25.8. The van der Waals surface area contributed by atoms with Crippen molar-refractivity contribution in [1.82, 2.24) is 4.90 Å². The third-order valence-electron chi connectivity index (χ3n) is 5.83. The summed E-state index contributed by atoms with van der Waals surface area (Å²) in [7, 11) is 5.03. The van der Waals surface area contributed by atoms with Crippen molar-refractivity contribution >= 4 is 17.7 Å². The van der Waals surface area contributed by atoms with Crippen LogP contribution in [0.25, 0.3) is 0 Å². The van der Waals surface area contributed by atoms with Gasteiger partial charge in [-0.2, -0.15) is 0 Å². The first-order valence-electron chi connectivity index (χ1n) is 11.4. The van der Waals surface area contributed by atoms with E-state index in [1.54, 1.807) is 44.0 Å². The molecule has 3 aromatic rings. The van der Waals surface area contributed by atoms with Crippen molar-refractivity contribution in [2.24, 2.45) is 0 Å². The molecule has 0 radical (unpaired) electrons. The van der Waals surface area contributed by atoms with Crippen LogP contribution in [-0.2, 0) is 17.6 Å². The topological polar surface area (TPSA) is 51.9 Å². The molecule has 2 aromatic carbocycles. The summed E-state index contributed by atoms with van der Waals surface area (Å²) >= 11 is 1.74. The second kappa shape index (κ2) is 11.0. The summed E-state index contributed by atoms with van der Waals surface area (Å²) in [6.07, 6.45) is 0.704. The zero-order valence-corrected chi connectivity index (χ0v) is 22.0. The Kier molecular flexibility index (Phi) is 8.37. The van der Waals surface area contributed by atoms with Crippen LogP contribution in [0.15, 0.2) is 57.8 Å². The molecule has 0 atom stereocenters. The molecule has 1 amide bonds. The summed E-state index contributed by atoms with van der Waals surface area (Å²) in [4.78, 5) is 15.8. The van der Waals surface area contributed by atoms with Crippen LogP contribution >= 0.6 is 11.8 Å². The lowest BCUT2D eigenvalue weighted by Gasteiger charge is -2.20. The lowest BCUT2D eigenvalue weighted by Crippen LogP contribution is -2.28. The quantitative estimate of drug-likeness (QED) is 0.326. The molecule has 0 N–H and O–H groups in total. The fraction of sp³-hybridized carbons (Fsp3) is 0.393. The SMILES string of the molecule is COc1ccc(CCN(C)C(=O)c2ccc(CSc3cc(C(C)(C)C)ccc3C)o2)cc1OC. The number of carbonyl (C=O) groups is 1. The zero-order chi connectivity index (χ0) is 24.9. The van der Waals surface area contributed by atoms with Crippen LogP contribution in [0.2, 0.25) is 0 Å². The van der Waals surface area contributed by atoms with Gasteiger partial charge in [0.2, 0.25) is 0 Å². The van der Waals surface area contributed by atoms with E-state index in [-0.39, 0.29) is 11.3 Å². The van der Waals surface area contributed by atoms with Crippen molar-refractivity contribution in [3.05, 3.63) is 76.7 Å². The molecule has 1 aromatic heterocycles. The summed E-state index contributed by atoms with van der Waals surface area (Å²) in [6.45, 7) is 9.35. The van der Waals surface area contributed by atoms with Crippen molar-refractivity contribution in [1.29, 1.82) is 0 Å². The number of ether oxygens (including phenoxy) is 2. The van der Waals surface area contributed by atoms with Gasteiger partial charge in [-0.05, 0) is 65.8 Å². The average molecular weight is 482 g/mol. The van der Waals surface area contributed by atoms with Crippen LogP contribution in [-0.4, -0.2) is 38.6 Å². The van der Waals surface area contributed by atoms with E-state index in [9.17, 15) is 4.79 Å². The lowest BCUT2D eigenvalue weighted by atomic mass is 9.87. The highest BCUT2D eigenvalue weighted by Crippen LogP contribution is 2.32.